The van der Waals surface area contributed by atoms with E-state index in [9.17, 15) is 4.79 Å². The van der Waals surface area contributed by atoms with Gasteiger partial charge in [0, 0.05) is 57.3 Å². The van der Waals surface area contributed by atoms with Gasteiger partial charge in [-0.2, -0.15) is 0 Å². The molecule has 2 heterocycles. The quantitative estimate of drug-likeness (QED) is 0.722. The van der Waals surface area contributed by atoms with Crippen molar-refractivity contribution in [2.24, 2.45) is 0 Å². The summed E-state index contributed by atoms with van der Waals surface area (Å²) in [5, 5.41) is 6.04. The first-order valence-corrected chi connectivity index (χ1v) is 8.62. The summed E-state index contributed by atoms with van der Waals surface area (Å²) in [6.07, 6.45) is 3.30. The molecule has 138 valence electrons. The number of ether oxygens (including phenoxy) is 2. The molecule has 0 bridgehead atoms. The Morgan fingerprint density at radius 1 is 1.19 bits per heavy atom. The van der Waals surface area contributed by atoms with Gasteiger partial charge in [0.15, 0.2) is 5.82 Å². The van der Waals surface area contributed by atoms with Crippen molar-refractivity contribution in [1.29, 1.82) is 0 Å². The molecular formula is C18H23N5O3. The fourth-order valence-electron chi connectivity index (χ4n) is 2.68. The van der Waals surface area contributed by atoms with E-state index in [0.29, 0.717) is 30.5 Å². The monoisotopic (exact) mass is 357 g/mol. The summed E-state index contributed by atoms with van der Waals surface area (Å²) in [5.41, 5.74) is 0.700. The first kappa shape index (κ1) is 17.9. The maximum absolute atomic E-state index is 11.1. The summed E-state index contributed by atoms with van der Waals surface area (Å²) in [4.78, 5) is 22.0. The lowest BCUT2D eigenvalue weighted by Gasteiger charge is -2.28. The van der Waals surface area contributed by atoms with E-state index in [1.54, 1.807) is 18.5 Å². The molecule has 1 amide bonds. The van der Waals surface area contributed by atoms with Crippen LogP contribution < -0.4 is 25.0 Å². The molecule has 3 rings (SSSR count). The third kappa shape index (κ3) is 5.06. The summed E-state index contributed by atoms with van der Waals surface area (Å²) in [7, 11) is 0. The zero-order chi connectivity index (χ0) is 18.2. The van der Waals surface area contributed by atoms with Crippen LogP contribution in [0.4, 0.5) is 11.5 Å². The van der Waals surface area contributed by atoms with Gasteiger partial charge in [-0.3, -0.25) is 4.79 Å². The molecule has 0 unspecified atom stereocenters. The average Bonchev–Trinajstić information content (AvgIpc) is 2.66. The number of nitrogens with zero attached hydrogens (tertiary/aromatic N) is 3. The number of amides is 1. The average molecular weight is 357 g/mol. The lowest BCUT2D eigenvalue weighted by atomic mass is 10.3. The highest BCUT2D eigenvalue weighted by molar-refractivity contribution is 5.88. The van der Waals surface area contributed by atoms with E-state index in [1.165, 1.54) is 6.92 Å². The van der Waals surface area contributed by atoms with Crippen LogP contribution >= 0.6 is 0 Å². The van der Waals surface area contributed by atoms with E-state index < -0.39 is 0 Å². The molecule has 1 fully saturated rings. The number of carbonyl (C=O) groups excluding carboxylic acids is 1. The molecule has 0 atom stereocenters. The SMILES string of the molecule is CC(=O)Nc1cccc(OCCOc2nccnc2N2CCNCC2)c1. The van der Waals surface area contributed by atoms with E-state index in [0.717, 1.165) is 32.0 Å². The van der Waals surface area contributed by atoms with E-state index in [1.807, 2.05) is 18.2 Å². The summed E-state index contributed by atoms with van der Waals surface area (Å²) < 4.78 is 11.5. The van der Waals surface area contributed by atoms with E-state index in [2.05, 4.69) is 25.5 Å². The topological polar surface area (TPSA) is 88.6 Å². The van der Waals surface area contributed by atoms with Crippen molar-refractivity contribution in [2.45, 2.75) is 6.92 Å². The zero-order valence-electron chi connectivity index (χ0n) is 14.8. The minimum atomic E-state index is -0.117. The van der Waals surface area contributed by atoms with Crippen LogP contribution in [0.5, 0.6) is 11.6 Å². The second kappa shape index (κ2) is 9.00. The van der Waals surface area contributed by atoms with Crippen molar-refractivity contribution in [3.63, 3.8) is 0 Å². The Balaban J connectivity index is 1.52. The highest BCUT2D eigenvalue weighted by atomic mass is 16.5. The molecular weight excluding hydrogens is 334 g/mol. The van der Waals surface area contributed by atoms with Crippen molar-refractivity contribution in [2.75, 3.05) is 49.6 Å². The lowest BCUT2D eigenvalue weighted by Crippen LogP contribution is -2.44. The maximum Gasteiger partial charge on any atom is 0.257 e. The molecule has 2 aromatic rings. The molecule has 1 aliphatic rings. The van der Waals surface area contributed by atoms with Gasteiger partial charge in [-0.05, 0) is 12.1 Å². The van der Waals surface area contributed by atoms with Gasteiger partial charge in [0.1, 0.15) is 19.0 Å². The van der Waals surface area contributed by atoms with Crippen LogP contribution in [-0.4, -0.2) is 55.3 Å². The number of benzene rings is 1. The van der Waals surface area contributed by atoms with Crippen molar-refractivity contribution >= 4 is 17.4 Å². The zero-order valence-corrected chi connectivity index (χ0v) is 14.8. The number of rotatable bonds is 7. The molecule has 0 aliphatic carbocycles. The molecule has 0 radical (unpaired) electrons. The highest BCUT2D eigenvalue weighted by Gasteiger charge is 2.17. The number of piperazine rings is 1. The fourth-order valence-corrected chi connectivity index (χ4v) is 2.68. The standard InChI is InChI=1S/C18H23N5O3/c1-14(24)22-15-3-2-4-16(13-15)25-11-12-26-18-17(20-5-6-21-18)23-9-7-19-8-10-23/h2-6,13,19H,7-12H2,1H3,(H,22,24). The molecule has 0 spiro atoms. The Hall–Kier alpha value is -2.87. The lowest BCUT2D eigenvalue weighted by molar-refractivity contribution is -0.114. The van der Waals surface area contributed by atoms with Crippen LogP contribution in [0, 0.1) is 0 Å². The van der Waals surface area contributed by atoms with Gasteiger partial charge in [-0.15, -0.1) is 0 Å². The second-order valence-corrected chi connectivity index (χ2v) is 5.83. The van der Waals surface area contributed by atoms with Crippen LogP contribution in [0.1, 0.15) is 6.92 Å². The third-order valence-corrected chi connectivity index (χ3v) is 3.81. The van der Waals surface area contributed by atoms with E-state index >= 15 is 0 Å². The highest BCUT2D eigenvalue weighted by Crippen LogP contribution is 2.23. The van der Waals surface area contributed by atoms with Gasteiger partial charge in [-0.1, -0.05) is 6.07 Å². The smallest absolute Gasteiger partial charge is 0.257 e. The third-order valence-electron chi connectivity index (χ3n) is 3.81. The largest absolute Gasteiger partial charge is 0.490 e. The van der Waals surface area contributed by atoms with Crippen LogP contribution in [0.15, 0.2) is 36.7 Å². The number of aromatic nitrogens is 2. The predicted molar refractivity (Wildman–Crippen MR) is 98.9 cm³/mol. The van der Waals surface area contributed by atoms with Crippen molar-refractivity contribution in [1.82, 2.24) is 15.3 Å². The summed E-state index contributed by atoms with van der Waals surface area (Å²) in [6.45, 7) is 5.78. The summed E-state index contributed by atoms with van der Waals surface area (Å²) >= 11 is 0. The summed E-state index contributed by atoms with van der Waals surface area (Å²) in [5.74, 6) is 1.83. The molecule has 1 saturated heterocycles. The van der Waals surface area contributed by atoms with Gasteiger partial charge in [0.2, 0.25) is 5.91 Å². The molecule has 2 N–H and O–H groups in total. The molecule has 8 heteroatoms. The molecule has 1 aromatic heterocycles. The maximum atomic E-state index is 11.1. The Labute approximate surface area is 152 Å². The number of carbonyl (C=O) groups is 1. The number of hydrogen-bond donors (Lipinski definition) is 2. The minimum absolute atomic E-state index is 0.117. The van der Waals surface area contributed by atoms with Crippen molar-refractivity contribution in [3.05, 3.63) is 36.7 Å². The Morgan fingerprint density at radius 3 is 2.77 bits per heavy atom. The van der Waals surface area contributed by atoms with Gasteiger partial charge < -0.3 is 25.0 Å². The molecule has 0 saturated carbocycles. The van der Waals surface area contributed by atoms with Gasteiger partial charge >= 0.3 is 0 Å². The van der Waals surface area contributed by atoms with E-state index in [-0.39, 0.29) is 5.91 Å². The first-order chi connectivity index (χ1) is 12.7. The fraction of sp³-hybridized carbons (Fsp3) is 0.389. The van der Waals surface area contributed by atoms with Gasteiger partial charge in [0.05, 0.1) is 0 Å². The van der Waals surface area contributed by atoms with Crippen molar-refractivity contribution in [3.8, 4) is 11.6 Å². The molecule has 1 aromatic carbocycles. The number of anilines is 2. The van der Waals surface area contributed by atoms with Crippen LogP contribution in [0.3, 0.4) is 0 Å². The normalized spacial score (nSPS) is 14.0. The first-order valence-electron chi connectivity index (χ1n) is 8.62. The minimum Gasteiger partial charge on any atom is -0.490 e. The summed E-state index contributed by atoms with van der Waals surface area (Å²) in [6, 6.07) is 7.24. The van der Waals surface area contributed by atoms with Crippen LogP contribution in [-0.2, 0) is 4.79 Å². The predicted octanol–water partition coefficient (Wildman–Crippen LogP) is 1.30. The van der Waals surface area contributed by atoms with Gasteiger partial charge in [0.25, 0.3) is 5.88 Å². The van der Waals surface area contributed by atoms with Crippen LogP contribution in [0.25, 0.3) is 0 Å². The number of hydrogen-bond acceptors (Lipinski definition) is 7. The molecule has 1 aliphatic heterocycles. The van der Waals surface area contributed by atoms with Gasteiger partial charge in [-0.25, -0.2) is 9.97 Å². The van der Waals surface area contributed by atoms with Crippen molar-refractivity contribution < 1.29 is 14.3 Å². The van der Waals surface area contributed by atoms with E-state index in [4.69, 9.17) is 9.47 Å². The Morgan fingerprint density at radius 2 is 1.96 bits per heavy atom. The molecule has 26 heavy (non-hydrogen) atoms. The Bertz CT molecular complexity index is 734. The second-order valence-electron chi connectivity index (χ2n) is 5.83. The Kier molecular flexibility index (Phi) is 6.21. The molecule has 8 nitrogen and oxygen atoms in total. The van der Waals surface area contributed by atoms with Crippen LogP contribution in [0.2, 0.25) is 0 Å². The number of nitrogens with one attached hydrogen (secondary N) is 2.